The smallest absolute Gasteiger partial charge is 0.180 e. The van der Waals surface area contributed by atoms with Crippen molar-refractivity contribution in [2.45, 2.75) is 19.2 Å². The minimum absolute atomic E-state index is 0.102. The number of ether oxygens (including phenoxy) is 2. The number of halogens is 1. The minimum atomic E-state index is -0.529. The van der Waals surface area contributed by atoms with E-state index in [2.05, 4.69) is 6.92 Å². The first-order chi connectivity index (χ1) is 8.08. The summed E-state index contributed by atoms with van der Waals surface area (Å²) in [4.78, 5) is 11.8. The summed E-state index contributed by atoms with van der Waals surface area (Å²) in [5, 5.41) is -0.529. The fraction of sp³-hybridized carbons (Fsp3) is 0.462. The second-order valence-corrected chi connectivity index (χ2v) is 5.02. The van der Waals surface area contributed by atoms with Crippen LogP contribution in [0.25, 0.3) is 0 Å². The maximum absolute atomic E-state index is 11.8. The van der Waals surface area contributed by atoms with Gasteiger partial charge in [0.25, 0.3) is 0 Å². The lowest BCUT2D eigenvalue weighted by molar-refractivity contribution is 0.0991. The number of ketones is 1. The Kier molecular flexibility index (Phi) is 3.57. The topological polar surface area (TPSA) is 35.5 Å². The van der Waals surface area contributed by atoms with Gasteiger partial charge >= 0.3 is 0 Å². The third-order valence-corrected chi connectivity index (χ3v) is 2.83. The molecule has 1 aromatic carbocycles. The highest BCUT2D eigenvalue weighted by molar-refractivity contribution is 6.33. The highest BCUT2D eigenvalue weighted by Crippen LogP contribution is 2.31. The predicted molar refractivity (Wildman–Crippen MR) is 66.2 cm³/mol. The zero-order chi connectivity index (χ0) is 12.4. The van der Waals surface area contributed by atoms with Crippen LogP contribution in [0.2, 0.25) is 0 Å². The molecule has 0 saturated heterocycles. The molecule has 2 atom stereocenters. The van der Waals surface area contributed by atoms with E-state index in [0.717, 1.165) is 0 Å². The summed E-state index contributed by atoms with van der Waals surface area (Å²) < 4.78 is 11.2. The summed E-state index contributed by atoms with van der Waals surface area (Å²) in [5.74, 6) is 1.55. The molecule has 0 N–H and O–H groups in total. The summed E-state index contributed by atoms with van der Waals surface area (Å²) >= 11 is 5.78. The Hall–Kier alpha value is -1.22. The SMILES string of the molecule is CC1COc2ccc(C(=O)C(C)Cl)cc2OC1. The van der Waals surface area contributed by atoms with Crippen molar-refractivity contribution in [3.8, 4) is 11.5 Å². The number of hydrogen-bond acceptors (Lipinski definition) is 3. The second-order valence-electron chi connectivity index (χ2n) is 4.37. The summed E-state index contributed by atoms with van der Waals surface area (Å²) in [6, 6.07) is 5.19. The van der Waals surface area contributed by atoms with Crippen molar-refractivity contribution in [2.24, 2.45) is 5.92 Å². The molecule has 0 spiro atoms. The van der Waals surface area contributed by atoms with Crippen molar-refractivity contribution in [1.82, 2.24) is 0 Å². The molecule has 0 aromatic heterocycles. The van der Waals surface area contributed by atoms with E-state index in [1.165, 1.54) is 0 Å². The first-order valence-corrected chi connectivity index (χ1v) is 6.09. The molecule has 4 heteroatoms. The summed E-state index contributed by atoms with van der Waals surface area (Å²) in [6.45, 7) is 4.95. The minimum Gasteiger partial charge on any atom is -0.489 e. The average molecular weight is 255 g/mol. The van der Waals surface area contributed by atoms with Gasteiger partial charge in [-0.15, -0.1) is 11.6 Å². The second kappa shape index (κ2) is 4.96. The van der Waals surface area contributed by atoms with E-state index in [9.17, 15) is 4.79 Å². The van der Waals surface area contributed by atoms with Gasteiger partial charge in [-0.3, -0.25) is 4.79 Å². The van der Waals surface area contributed by atoms with Gasteiger partial charge in [-0.25, -0.2) is 0 Å². The van der Waals surface area contributed by atoms with Crippen LogP contribution in [-0.2, 0) is 0 Å². The molecule has 1 heterocycles. The monoisotopic (exact) mass is 254 g/mol. The number of rotatable bonds is 2. The Morgan fingerprint density at radius 1 is 1.35 bits per heavy atom. The van der Waals surface area contributed by atoms with E-state index in [0.29, 0.717) is 36.2 Å². The van der Waals surface area contributed by atoms with Gasteiger partial charge in [-0.1, -0.05) is 6.92 Å². The van der Waals surface area contributed by atoms with Crippen LogP contribution >= 0.6 is 11.6 Å². The highest BCUT2D eigenvalue weighted by atomic mass is 35.5. The molecule has 1 aliphatic rings. The van der Waals surface area contributed by atoms with E-state index in [4.69, 9.17) is 21.1 Å². The highest BCUT2D eigenvalue weighted by Gasteiger charge is 2.18. The molecule has 0 saturated carbocycles. The molecule has 0 fully saturated rings. The number of alkyl halides is 1. The molecule has 1 aliphatic heterocycles. The van der Waals surface area contributed by atoms with Crippen molar-refractivity contribution in [3.05, 3.63) is 23.8 Å². The largest absolute Gasteiger partial charge is 0.489 e. The number of fused-ring (bicyclic) bond motifs is 1. The lowest BCUT2D eigenvalue weighted by atomic mass is 10.1. The molecule has 2 rings (SSSR count). The van der Waals surface area contributed by atoms with E-state index in [-0.39, 0.29) is 5.78 Å². The van der Waals surface area contributed by atoms with Gasteiger partial charge in [0.2, 0.25) is 0 Å². The Labute approximate surface area is 106 Å². The Morgan fingerprint density at radius 3 is 2.65 bits per heavy atom. The number of Topliss-reactive ketones (excluding diaryl/α,β-unsaturated/α-hetero) is 1. The first-order valence-electron chi connectivity index (χ1n) is 5.66. The quantitative estimate of drug-likeness (QED) is 0.601. The average Bonchev–Trinajstić information content (AvgIpc) is 2.50. The van der Waals surface area contributed by atoms with Gasteiger partial charge in [0, 0.05) is 11.5 Å². The maximum Gasteiger partial charge on any atom is 0.180 e. The molecule has 0 aliphatic carbocycles. The lowest BCUT2D eigenvalue weighted by Crippen LogP contribution is -2.12. The zero-order valence-electron chi connectivity index (χ0n) is 9.90. The predicted octanol–water partition coefficient (Wildman–Crippen LogP) is 2.90. The van der Waals surface area contributed by atoms with Crippen molar-refractivity contribution < 1.29 is 14.3 Å². The van der Waals surface area contributed by atoms with Crippen molar-refractivity contribution >= 4 is 17.4 Å². The Balaban J connectivity index is 2.28. The molecule has 0 radical (unpaired) electrons. The van der Waals surface area contributed by atoms with Crippen LogP contribution in [-0.4, -0.2) is 24.4 Å². The van der Waals surface area contributed by atoms with Crippen LogP contribution in [0.4, 0.5) is 0 Å². The van der Waals surface area contributed by atoms with Crippen LogP contribution in [0.1, 0.15) is 24.2 Å². The molecule has 1 aromatic rings. The van der Waals surface area contributed by atoms with Gasteiger partial charge in [-0.05, 0) is 25.1 Å². The van der Waals surface area contributed by atoms with Crippen molar-refractivity contribution in [1.29, 1.82) is 0 Å². The van der Waals surface area contributed by atoms with E-state index in [1.54, 1.807) is 25.1 Å². The van der Waals surface area contributed by atoms with E-state index >= 15 is 0 Å². The third-order valence-electron chi connectivity index (χ3n) is 2.64. The van der Waals surface area contributed by atoms with Gasteiger partial charge < -0.3 is 9.47 Å². The number of hydrogen-bond donors (Lipinski definition) is 0. The number of benzene rings is 1. The van der Waals surface area contributed by atoms with Crippen LogP contribution in [0, 0.1) is 5.92 Å². The summed E-state index contributed by atoms with van der Waals surface area (Å²) in [5.41, 5.74) is 0.560. The molecular formula is C13H15ClO3. The molecule has 92 valence electrons. The third kappa shape index (κ3) is 2.72. The van der Waals surface area contributed by atoms with Gasteiger partial charge in [0.15, 0.2) is 17.3 Å². The zero-order valence-corrected chi connectivity index (χ0v) is 10.7. The maximum atomic E-state index is 11.8. The van der Waals surface area contributed by atoms with Crippen LogP contribution in [0.3, 0.4) is 0 Å². The standard InChI is InChI=1S/C13H15ClO3/c1-8-6-16-11-4-3-10(13(15)9(2)14)5-12(11)17-7-8/h3-5,8-9H,6-7H2,1-2H3. The first kappa shape index (κ1) is 12.2. The molecule has 0 amide bonds. The number of carbonyl (C=O) groups excluding carboxylic acids is 1. The fourth-order valence-corrected chi connectivity index (χ4v) is 1.76. The Bertz CT molecular complexity index is 429. The lowest BCUT2D eigenvalue weighted by Gasteiger charge is -2.09. The van der Waals surface area contributed by atoms with Crippen molar-refractivity contribution in [3.63, 3.8) is 0 Å². The van der Waals surface area contributed by atoms with Crippen LogP contribution in [0.5, 0.6) is 11.5 Å². The fourth-order valence-electron chi connectivity index (χ4n) is 1.64. The van der Waals surface area contributed by atoms with Crippen LogP contribution in [0.15, 0.2) is 18.2 Å². The van der Waals surface area contributed by atoms with Gasteiger partial charge in [0.1, 0.15) is 0 Å². The molecular weight excluding hydrogens is 240 g/mol. The van der Waals surface area contributed by atoms with Gasteiger partial charge in [0.05, 0.1) is 18.6 Å². The molecule has 17 heavy (non-hydrogen) atoms. The van der Waals surface area contributed by atoms with Crippen molar-refractivity contribution in [2.75, 3.05) is 13.2 Å². The Morgan fingerprint density at radius 2 is 2.00 bits per heavy atom. The van der Waals surface area contributed by atoms with Crippen LogP contribution < -0.4 is 9.47 Å². The summed E-state index contributed by atoms with van der Waals surface area (Å²) in [6.07, 6.45) is 0. The molecule has 3 nitrogen and oxygen atoms in total. The molecule has 2 unspecified atom stereocenters. The van der Waals surface area contributed by atoms with E-state index < -0.39 is 5.38 Å². The van der Waals surface area contributed by atoms with Gasteiger partial charge in [-0.2, -0.15) is 0 Å². The molecule has 0 bridgehead atoms. The number of carbonyl (C=O) groups is 1. The summed E-state index contributed by atoms with van der Waals surface area (Å²) in [7, 11) is 0. The van der Waals surface area contributed by atoms with E-state index in [1.807, 2.05) is 0 Å². The normalized spacial score (nSPS) is 20.5.